The number of aliphatic hydroxyl groups excluding tert-OH is 1. The molecule has 1 N–H and O–H groups in total. The summed E-state index contributed by atoms with van der Waals surface area (Å²) in [5.41, 5.74) is 0. The highest BCUT2D eigenvalue weighted by Crippen LogP contribution is 2.38. The molecule has 0 saturated carbocycles. The maximum absolute atomic E-state index is 12.7. The van der Waals surface area contributed by atoms with Crippen molar-refractivity contribution in [2.75, 3.05) is 47.5 Å². The maximum Gasteiger partial charge on any atom is 0.306 e. The Bertz CT molecular complexity index is 1290. The molecule has 0 rings (SSSR count). The quantitative estimate of drug-likeness (QED) is 0.0211. The van der Waals surface area contributed by atoms with Crippen LogP contribution in [0.25, 0.3) is 0 Å². The number of esters is 2. The SMILES string of the molecule is CCCCC/C=C\C/C=C\C/C=C\CCCCCCC(=O)OC[C@H](COP(=O)([O-])OCC[N+](C)(C)C)OC(=O)CCC/C=C\C/C=C\C/C=C\C/C=C\CCC[C@H](C)O. The molecule has 1 unspecified atom stereocenters. The van der Waals surface area contributed by atoms with Gasteiger partial charge in [-0.1, -0.05) is 118 Å². The van der Waals surface area contributed by atoms with Gasteiger partial charge in [0.2, 0.25) is 0 Å². The van der Waals surface area contributed by atoms with E-state index in [-0.39, 0.29) is 32.2 Å². The minimum Gasteiger partial charge on any atom is -0.756 e. The van der Waals surface area contributed by atoms with Crippen molar-refractivity contribution >= 4 is 19.8 Å². The molecule has 0 spiro atoms. The lowest BCUT2D eigenvalue weighted by atomic mass is 10.1. The maximum atomic E-state index is 12.7. The van der Waals surface area contributed by atoms with Gasteiger partial charge >= 0.3 is 11.9 Å². The van der Waals surface area contributed by atoms with E-state index in [2.05, 4.69) is 85.9 Å². The van der Waals surface area contributed by atoms with Gasteiger partial charge in [-0.2, -0.15) is 0 Å². The average molecular weight is 848 g/mol. The third-order valence-corrected chi connectivity index (χ3v) is 9.87. The van der Waals surface area contributed by atoms with Gasteiger partial charge in [-0.25, -0.2) is 0 Å². The number of quaternary nitrogens is 1. The van der Waals surface area contributed by atoms with E-state index in [0.717, 1.165) is 77.0 Å². The molecule has 0 fully saturated rings. The molecule has 0 amide bonds. The molecular formula is C48H82NO9P. The van der Waals surface area contributed by atoms with Crippen molar-refractivity contribution in [2.45, 2.75) is 161 Å². The number of allylic oxidation sites excluding steroid dienone is 14. The Morgan fingerprint density at radius 3 is 1.58 bits per heavy atom. The summed E-state index contributed by atoms with van der Waals surface area (Å²) in [4.78, 5) is 37.5. The molecule has 0 heterocycles. The first kappa shape index (κ1) is 56.1. The van der Waals surface area contributed by atoms with Crippen LogP contribution >= 0.6 is 7.82 Å². The number of phosphoric ester groups is 1. The Hall–Kier alpha value is -2.85. The Kier molecular flexibility index (Phi) is 37.4. The van der Waals surface area contributed by atoms with Crippen LogP contribution in [0.4, 0.5) is 0 Å². The van der Waals surface area contributed by atoms with Gasteiger partial charge < -0.3 is 33.0 Å². The molecule has 0 aromatic rings. The van der Waals surface area contributed by atoms with Crippen molar-refractivity contribution in [1.82, 2.24) is 0 Å². The molecule has 0 aliphatic carbocycles. The summed E-state index contributed by atoms with van der Waals surface area (Å²) in [5.74, 6) is -0.951. The second-order valence-electron chi connectivity index (χ2n) is 16.0. The van der Waals surface area contributed by atoms with E-state index in [1.54, 1.807) is 0 Å². The van der Waals surface area contributed by atoms with Gasteiger partial charge in [0.15, 0.2) is 6.10 Å². The number of carbonyl (C=O) groups is 2. The molecular weight excluding hydrogens is 765 g/mol. The van der Waals surface area contributed by atoms with E-state index in [4.69, 9.17) is 18.5 Å². The minimum atomic E-state index is -4.66. The third-order valence-electron chi connectivity index (χ3n) is 8.91. The number of hydrogen-bond acceptors (Lipinski definition) is 9. The van der Waals surface area contributed by atoms with Crippen LogP contribution in [0, 0.1) is 0 Å². The van der Waals surface area contributed by atoms with E-state index in [9.17, 15) is 24.2 Å². The zero-order valence-electron chi connectivity index (χ0n) is 37.5. The summed E-state index contributed by atoms with van der Waals surface area (Å²) < 4.78 is 33.8. The fourth-order valence-corrected chi connectivity index (χ4v) is 6.10. The van der Waals surface area contributed by atoms with Crippen molar-refractivity contribution in [1.29, 1.82) is 0 Å². The van der Waals surface area contributed by atoms with Crippen LogP contribution in [0.1, 0.15) is 149 Å². The number of hydrogen-bond donors (Lipinski definition) is 1. The van der Waals surface area contributed by atoms with Crippen LogP contribution in [0.5, 0.6) is 0 Å². The van der Waals surface area contributed by atoms with E-state index in [1.807, 2.05) is 34.1 Å². The highest BCUT2D eigenvalue weighted by molar-refractivity contribution is 7.45. The number of rotatable bonds is 39. The van der Waals surface area contributed by atoms with Gasteiger partial charge in [0.05, 0.1) is 33.9 Å². The van der Waals surface area contributed by atoms with Gasteiger partial charge in [-0.05, 0) is 103 Å². The van der Waals surface area contributed by atoms with Crippen molar-refractivity contribution in [3.8, 4) is 0 Å². The molecule has 0 aliphatic rings. The van der Waals surface area contributed by atoms with Crippen molar-refractivity contribution < 1.29 is 47.2 Å². The molecule has 338 valence electrons. The van der Waals surface area contributed by atoms with Crippen molar-refractivity contribution in [3.63, 3.8) is 0 Å². The molecule has 0 aromatic carbocycles. The summed E-state index contributed by atoms with van der Waals surface area (Å²) in [7, 11) is 1.08. The molecule has 3 atom stereocenters. The summed E-state index contributed by atoms with van der Waals surface area (Å²) >= 11 is 0. The highest BCUT2D eigenvalue weighted by Gasteiger charge is 2.21. The molecule has 0 aromatic heterocycles. The lowest BCUT2D eigenvalue weighted by molar-refractivity contribution is -0.870. The molecule has 11 heteroatoms. The average Bonchev–Trinajstić information content (AvgIpc) is 3.17. The predicted octanol–water partition coefficient (Wildman–Crippen LogP) is 11.1. The summed E-state index contributed by atoms with van der Waals surface area (Å²) in [6.45, 7) is 3.62. The summed E-state index contributed by atoms with van der Waals surface area (Å²) in [6, 6.07) is 0. The number of unbranched alkanes of at least 4 members (excludes halogenated alkanes) is 9. The molecule has 0 bridgehead atoms. The predicted molar refractivity (Wildman–Crippen MR) is 242 cm³/mol. The van der Waals surface area contributed by atoms with Gasteiger partial charge in [-0.15, -0.1) is 0 Å². The second kappa shape index (κ2) is 39.3. The smallest absolute Gasteiger partial charge is 0.306 e. The van der Waals surface area contributed by atoms with Gasteiger partial charge in [-0.3, -0.25) is 14.2 Å². The molecule has 0 saturated heterocycles. The lowest BCUT2D eigenvalue weighted by Crippen LogP contribution is -2.37. The van der Waals surface area contributed by atoms with Crippen LogP contribution < -0.4 is 4.89 Å². The number of nitrogens with zero attached hydrogens (tertiary/aromatic N) is 1. The molecule has 10 nitrogen and oxygen atoms in total. The van der Waals surface area contributed by atoms with Crippen LogP contribution in [0.2, 0.25) is 0 Å². The molecule has 0 aliphatic heterocycles. The van der Waals surface area contributed by atoms with Crippen LogP contribution in [0.15, 0.2) is 85.1 Å². The molecule has 59 heavy (non-hydrogen) atoms. The zero-order valence-corrected chi connectivity index (χ0v) is 38.4. The minimum absolute atomic E-state index is 0.0553. The number of aliphatic hydroxyl groups is 1. The standard InChI is InChI=1S/C48H82NO9P/c1-6-7-8-9-10-11-12-13-14-15-18-21-24-27-30-33-36-39-47(51)55-43-46(44-57-59(53,54)56-42-41-49(3,4)5)58-48(52)40-37-34-31-28-25-22-19-16-17-20-23-26-29-32-35-38-45(2)50/h10-11,13-14,17-22,26,28-29,31,45-46,50H,6-9,12,15-16,23-25,27,30,32-44H2,1-5H3/b11-10-,14-13-,20-17-,21-18-,22-19-,29-26-,31-28-/t45-,46+/m0/s1. The van der Waals surface area contributed by atoms with Crippen LogP contribution in [-0.2, 0) is 32.7 Å². The van der Waals surface area contributed by atoms with E-state index in [1.165, 1.54) is 25.7 Å². The van der Waals surface area contributed by atoms with Crippen molar-refractivity contribution in [3.05, 3.63) is 85.1 Å². The second-order valence-corrected chi connectivity index (χ2v) is 17.4. The van der Waals surface area contributed by atoms with Gasteiger partial charge in [0.25, 0.3) is 7.82 Å². The molecule has 0 radical (unpaired) electrons. The fourth-order valence-electron chi connectivity index (χ4n) is 5.38. The number of ether oxygens (including phenoxy) is 2. The summed E-state index contributed by atoms with van der Waals surface area (Å²) in [5, 5.41) is 9.28. The fraction of sp³-hybridized carbons (Fsp3) is 0.667. The van der Waals surface area contributed by atoms with Crippen molar-refractivity contribution in [2.24, 2.45) is 0 Å². The first-order valence-corrected chi connectivity index (χ1v) is 23.8. The Morgan fingerprint density at radius 1 is 0.610 bits per heavy atom. The largest absolute Gasteiger partial charge is 0.756 e. The van der Waals surface area contributed by atoms with E-state index < -0.39 is 32.5 Å². The summed E-state index contributed by atoms with van der Waals surface area (Å²) in [6.07, 6.45) is 47.5. The normalized spacial score (nSPS) is 14.9. The first-order chi connectivity index (χ1) is 28.3. The number of likely N-dealkylation sites (N-methyl/N-ethyl adjacent to an activating group) is 1. The number of phosphoric acid groups is 1. The van der Waals surface area contributed by atoms with E-state index in [0.29, 0.717) is 30.3 Å². The van der Waals surface area contributed by atoms with Crippen LogP contribution in [-0.4, -0.2) is 81.2 Å². The van der Waals surface area contributed by atoms with E-state index >= 15 is 0 Å². The Balaban J connectivity index is 4.51. The highest BCUT2D eigenvalue weighted by atomic mass is 31.2. The Morgan fingerprint density at radius 2 is 1.07 bits per heavy atom. The number of carbonyl (C=O) groups excluding carboxylic acids is 2. The Labute approximate surface area is 359 Å². The van der Waals surface area contributed by atoms with Gasteiger partial charge in [0, 0.05) is 12.8 Å². The lowest BCUT2D eigenvalue weighted by Gasteiger charge is -2.28. The topological polar surface area (TPSA) is 131 Å². The van der Waals surface area contributed by atoms with Crippen LogP contribution in [0.3, 0.4) is 0 Å². The van der Waals surface area contributed by atoms with Gasteiger partial charge in [0.1, 0.15) is 19.8 Å². The monoisotopic (exact) mass is 848 g/mol. The first-order valence-electron chi connectivity index (χ1n) is 22.3. The third kappa shape index (κ3) is 44.5. The zero-order chi connectivity index (χ0) is 43.7.